The number of nitrogens with one attached hydrogen (secondary N) is 1. The van der Waals surface area contributed by atoms with E-state index >= 15 is 0 Å². The van der Waals surface area contributed by atoms with Gasteiger partial charge in [-0.3, -0.25) is 4.90 Å². The molecule has 0 saturated carbocycles. The van der Waals surface area contributed by atoms with Gasteiger partial charge in [0.1, 0.15) is 5.82 Å². The molecule has 0 spiro atoms. The summed E-state index contributed by atoms with van der Waals surface area (Å²) in [5.74, 6) is 0.0784. The summed E-state index contributed by atoms with van der Waals surface area (Å²) in [5, 5.41) is 0. The van der Waals surface area contributed by atoms with Crippen LogP contribution in [-0.4, -0.2) is 39.0 Å². The first-order chi connectivity index (χ1) is 10.4. The number of likely N-dealkylation sites (tertiary alicyclic amines) is 1. The molecule has 2 rings (SSSR count). The van der Waals surface area contributed by atoms with Gasteiger partial charge in [0.2, 0.25) is 10.0 Å². The SMILES string of the molecule is CC(C)CC(CNS(=O)(=O)c1ccc(F)cc1)N1CCCC1. The Bertz CT molecular complexity index is 566. The number of halogens is 1. The highest BCUT2D eigenvalue weighted by atomic mass is 32.2. The third-order valence-corrected chi connectivity index (χ3v) is 5.47. The molecule has 124 valence electrons. The molecule has 1 heterocycles. The monoisotopic (exact) mass is 328 g/mol. The summed E-state index contributed by atoms with van der Waals surface area (Å²) in [5.41, 5.74) is 0. The first-order valence-corrected chi connectivity index (χ1v) is 9.36. The van der Waals surface area contributed by atoms with Gasteiger partial charge in [-0.05, 0) is 62.5 Å². The van der Waals surface area contributed by atoms with E-state index in [2.05, 4.69) is 23.5 Å². The van der Waals surface area contributed by atoms with E-state index < -0.39 is 15.8 Å². The van der Waals surface area contributed by atoms with Crippen molar-refractivity contribution in [3.63, 3.8) is 0 Å². The molecule has 1 atom stereocenters. The summed E-state index contributed by atoms with van der Waals surface area (Å²) in [4.78, 5) is 2.48. The Morgan fingerprint density at radius 3 is 2.32 bits per heavy atom. The predicted octanol–water partition coefficient (Wildman–Crippen LogP) is 2.61. The normalized spacial score (nSPS) is 18.0. The van der Waals surface area contributed by atoms with Crippen LogP contribution in [0, 0.1) is 11.7 Å². The van der Waals surface area contributed by atoms with Crippen molar-refractivity contribution in [2.24, 2.45) is 5.92 Å². The lowest BCUT2D eigenvalue weighted by molar-refractivity contribution is 0.214. The highest BCUT2D eigenvalue weighted by Crippen LogP contribution is 2.18. The number of hydrogen-bond donors (Lipinski definition) is 1. The molecule has 1 N–H and O–H groups in total. The van der Waals surface area contributed by atoms with Crippen molar-refractivity contribution in [1.29, 1.82) is 0 Å². The lowest BCUT2D eigenvalue weighted by Crippen LogP contribution is -2.43. The molecular weight excluding hydrogens is 303 g/mol. The Hall–Kier alpha value is -0.980. The minimum Gasteiger partial charge on any atom is -0.299 e. The molecule has 6 heteroatoms. The molecule has 1 aliphatic heterocycles. The molecule has 1 saturated heterocycles. The Morgan fingerprint density at radius 1 is 1.18 bits per heavy atom. The van der Waals surface area contributed by atoms with E-state index in [9.17, 15) is 12.8 Å². The van der Waals surface area contributed by atoms with E-state index in [-0.39, 0.29) is 10.9 Å². The highest BCUT2D eigenvalue weighted by molar-refractivity contribution is 7.89. The summed E-state index contributed by atoms with van der Waals surface area (Å²) >= 11 is 0. The van der Waals surface area contributed by atoms with Gasteiger partial charge in [0.25, 0.3) is 0 Å². The second kappa shape index (κ2) is 7.53. The van der Waals surface area contributed by atoms with E-state index in [4.69, 9.17) is 0 Å². The highest BCUT2D eigenvalue weighted by Gasteiger charge is 2.24. The molecule has 0 radical (unpaired) electrons. The maximum absolute atomic E-state index is 12.9. The third-order valence-electron chi connectivity index (χ3n) is 4.03. The van der Waals surface area contributed by atoms with Crippen LogP contribution in [-0.2, 0) is 10.0 Å². The van der Waals surface area contributed by atoms with Crippen LogP contribution in [0.25, 0.3) is 0 Å². The quantitative estimate of drug-likeness (QED) is 0.837. The standard InChI is InChI=1S/C16H25FN2O2S/c1-13(2)11-15(19-9-3-4-10-19)12-18-22(20,21)16-7-5-14(17)6-8-16/h5-8,13,15,18H,3-4,9-12H2,1-2H3. The lowest BCUT2D eigenvalue weighted by Gasteiger charge is -2.29. The van der Waals surface area contributed by atoms with Gasteiger partial charge >= 0.3 is 0 Å². The molecule has 0 amide bonds. The van der Waals surface area contributed by atoms with Crippen LogP contribution in [0.5, 0.6) is 0 Å². The van der Waals surface area contributed by atoms with E-state index in [0.717, 1.165) is 19.5 Å². The zero-order valence-corrected chi connectivity index (χ0v) is 14.1. The van der Waals surface area contributed by atoms with Gasteiger partial charge < -0.3 is 0 Å². The molecule has 1 aromatic rings. The minimum atomic E-state index is -3.58. The van der Waals surface area contributed by atoms with E-state index in [0.29, 0.717) is 12.5 Å². The maximum atomic E-state index is 12.9. The van der Waals surface area contributed by atoms with Crippen LogP contribution in [0.3, 0.4) is 0 Å². The summed E-state index contributed by atoms with van der Waals surface area (Å²) in [7, 11) is -3.58. The zero-order valence-electron chi connectivity index (χ0n) is 13.3. The van der Waals surface area contributed by atoms with Crippen LogP contribution in [0.4, 0.5) is 4.39 Å². The lowest BCUT2D eigenvalue weighted by atomic mass is 10.0. The van der Waals surface area contributed by atoms with Crippen molar-refractivity contribution in [2.75, 3.05) is 19.6 Å². The molecule has 0 aromatic heterocycles. The summed E-state index contributed by atoms with van der Waals surface area (Å²) in [6.45, 7) is 6.78. The number of nitrogens with zero attached hydrogens (tertiary/aromatic N) is 1. The topological polar surface area (TPSA) is 49.4 Å². The molecule has 4 nitrogen and oxygen atoms in total. The largest absolute Gasteiger partial charge is 0.299 e. The number of benzene rings is 1. The van der Waals surface area contributed by atoms with Gasteiger partial charge in [-0.15, -0.1) is 0 Å². The second-order valence-electron chi connectivity index (χ2n) is 6.33. The molecule has 1 unspecified atom stereocenters. The van der Waals surface area contributed by atoms with Crippen molar-refractivity contribution in [3.8, 4) is 0 Å². The molecule has 22 heavy (non-hydrogen) atoms. The maximum Gasteiger partial charge on any atom is 0.240 e. The van der Waals surface area contributed by atoms with E-state index in [1.807, 2.05) is 0 Å². The van der Waals surface area contributed by atoms with E-state index in [1.54, 1.807) is 0 Å². The fourth-order valence-electron chi connectivity index (χ4n) is 2.92. The zero-order chi connectivity index (χ0) is 16.2. The van der Waals surface area contributed by atoms with Gasteiger partial charge in [0.05, 0.1) is 4.90 Å². The first-order valence-electron chi connectivity index (χ1n) is 7.88. The van der Waals surface area contributed by atoms with Gasteiger partial charge in [0.15, 0.2) is 0 Å². The van der Waals surface area contributed by atoms with Gasteiger partial charge in [-0.1, -0.05) is 13.8 Å². The molecular formula is C16H25FN2O2S. The summed E-state index contributed by atoms with van der Waals surface area (Å²) in [6, 6.07) is 5.15. The fraction of sp³-hybridized carbons (Fsp3) is 0.625. The smallest absolute Gasteiger partial charge is 0.240 e. The summed E-state index contributed by atoms with van der Waals surface area (Å²) < 4.78 is 40.2. The predicted molar refractivity (Wildman–Crippen MR) is 85.6 cm³/mol. The number of hydrogen-bond acceptors (Lipinski definition) is 3. The Balaban J connectivity index is 2.02. The van der Waals surface area contributed by atoms with Gasteiger partial charge in [0, 0.05) is 12.6 Å². The van der Waals surface area contributed by atoms with Crippen molar-refractivity contribution in [3.05, 3.63) is 30.1 Å². The van der Waals surface area contributed by atoms with Crippen molar-refractivity contribution in [2.45, 2.75) is 44.0 Å². The second-order valence-corrected chi connectivity index (χ2v) is 8.10. The Labute approximate surface area is 132 Å². The number of rotatable bonds is 7. The van der Waals surface area contributed by atoms with Crippen LogP contribution in [0.1, 0.15) is 33.1 Å². The average Bonchev–Trinajstić information content (AvgIpc) is 2.97. The Kier molecular flexibility index (Phi) is 5.94. The molecule has 1 fully saturated rings. The molecule has 1 aromatic carbocycles. The first kappa shape index (κ1) is 17.4. The summed E-state index contributed by atoms with van der Waals surface area (Å²) in [6.07, 6.45) is 3.32. The van der Waals surface area contributed by atoms with Crippen molar-refractivity contribution < 1.29 is 12.8 Å². The van der Waals surface area contributed by atoms with Crippen LogP contribution in [0.15, 0.2) is 29.2 Å². The fourth-order valence-corrected chi connectivity index (χ4v) is 3.99. The van der Waals surface area contributed by atoms with Crippen LogP contribution < -0.4 is 4.72 Å². The third kappa shape index (κ3) is 4.76. The molecule has 0 bridgehead atoms. The van der Waals surface area contributed by atoms with E-state index in [1.165, 1.54) is 37.1 Å². The molecule has 1 aliphatic rings. The molecule has 0 aliphatic carbocycles. The number of sulfonamides is 1. The Morgan fingerprint density at radius 2 is 1.77 bits per heavy atom. The van der Waals surface area contributed by atoms with Gasteiger partial charge in [-0.2, -0.15) is 0 Å². The van der Waals surface area contributed by atoms with Crippen molar-refractivity contribution >= 4 is 10.0 Å². The van der Waals surface area contributed by atoms with Gasteiger partial charge in [-0.25, -0.2) is 17.5 Å². The van der Waals surface area contributed by atoms with Crippen molar-refractivity contribution in [1.82, 2.24) is 9.62 Å². The van der Waals surface area contributed by atoms with Crippen LogP contribution in [0.2, 0.25) is 0 Å². The minimum absolute atomic E-state index is 0.110. The average molecular weight is 328 g/mol. The van der Waals surface area contributed by atoms with Crippen LogP contribution >= 0.6 is 0 Å².